The van der Waals surface area contributed by atoms with E-state index in [-0.39, 0.29) is 18.4 Å². The van der Waals surface area contributed by atoms with E-state index in [2.05, 4.69) is 17.1 Å². The fourth-order valence-electron chi connectivity index (χ4n) is 3.18. The molecule has 2 heterocycles. The Morgan fingerprint density at radius 3 is 2.62 bits per heavy atom. The third-order valence-electron chi connectivity index (χ3n) is 4.69. The zero-order valence-corrected chi connectivity index (χ0v) is 15.0. The molecule has 0 radical (unpaired) electrons. The predicted octanol–water partition coefficient (Wildman–Crippen LogP) is 2.67. The van der Waals surface area contributed by atoms with Gasteiger partial charge in [-0.05, 0) is 37.0 Å². The lowest BCUT2D eigenvalue weighted by Crippen LogP contribution is -2.45. The fraction of sp³-hybridized carbons (Fsp3) is 0.381. The Bertz CT molecular complexity index is 719. The van der Waals surface area contributed by atoms with Crippen molar-refractivity contribution in [2.45, 2.75) is 32.2 Å². The van der Waals surface area contributed by atoms with Crippen molar-refractivity contribution in [3.63, 3.8) is 0 Å². The van der Waals surface area contributed by atoms with E-state index in [1.54, 1.807) is 11.1 Å². The smallest absolute Gasteiger partial charge is 0.242 e. The number of likely N-dealkylation sites (tertiary alicyclic amines) is 1. The van der Waals surface area contributed by atoms with Gasteiger partial charge in [0.05, 0.1) is 18.8 Å². The summed E-state index contributed by atoms with van der Waals surface area (Å²) in [5, 5.41) is 0. The van der Waals surface area contributed by atoms with Gasteiger partial charge in [-0.15, -0.1) is 0 Å². The van der Waals surface area contributed by atoms with Crippen LogP contribution in [0.25, 0.3) is 0 Å². The molecule has 0 saturated carbocycles. The van der Waals surface area contributed by atoms with E-state index < -0.39 is 0 Å². The summed E-state index contributed by atoms with van der Waals surface area (Å²) >= 11 is 0. The van der Waals surface area contributed by atoms with Crippen LogP contribution in [0.5, 0.6) is 0 Å². The lowest BCUT2D eigenvalue weighted by Gasteiger charge is -2.29. The zero-order chi connectivity index (χ0) is 18.2. The third kappa shape index (κ3) is 5.15. The van der Waals surface area contributed by atoms with Crippen molar-refractivity contribution < 1.29 is 9.59 Å². The highest BCUT2D eigenvalue weighted by atomic mass is 16.2. The summed E-state index contributed by atoms with van der Waals surface area (Å²) in [7, 11) is 0. The van der Waals surface area contributed by atoms with Crippen molar-refractivity contribution in [3.8, 4) is 0 Å². The van der Waals surface area contributed by atoms with Gasteiger partial charge in [-0.25, -0.2) is 0 Å². The van der Waals surface area contributed by atoms with Crippen LogP contribution in [0.2, 0.25) is 0 Å². The third-order valence-corrected chi connectivity index (χ3v) is 4.69. The molecule has 5 nitrogen and oxygen atoms in total. The van der Waals surface area contributed by atoms with Crippen molar-refractivity contribution in [1.29, 1.82) is 0 Å². The second-order valence-electron chi connectivity index (χ2n) is 6.64. The molecule has 0 spiro atoms. The maximum Gasteiger partial charge on any atom is 0.242 e. The molecule has 1 aliphatic heterocycles. The van der Waals surface area contributed by atoms with Gasteiger partial charge >= 0.3 is 0 Å². The van der Waals surface area contributed by atoms with Crippen LogP contribution in [0.15, 0.2) is 54.7 Å². The predicted molar refractivity (Wildman–Crippen MR) is 100 cm³/mol. The van der Waals surface area contributed by atoms with Crippen molar-refractivity contribution in [2.24, 2.45) is 0 Å². The highest BCUT2D eigenvalue weighted by molar-refractivity contribution is 5.85. The molecule has 0 unspecified atom stereocenters. The first-order valence-electron chi connectivity index (χ1n) is 9.22. The summed E-state index contributed by atoms with van der Waals surface area (Å²) in [6, 6.07) is 15.9. The average molecular weight is 351 g/mol. The number of pyridine rings is 1. The van der Waals surface area contributed by atoms with E-state index in [0.717, 1.165) is 25.0 Å². The van der Waals surface area contributed by atoms with Crippen molar-refractivity contribution in [2.75, 3.05) is 19.6 Å². The van der Waals surface area contributed by atoms with Gasteiger partial charge in [0.1, 0.15) is 0 Å². The molecule has 1 aliphatic rings. The molecule has 2 aromatic rings. The van der Waals surface area contributed by atoms with Gasteiger partial charge in [0.2, 0.25) is 11.8 Å². The Morgan fingerprint density at radius 2 is 1.88 bits per heavy atom. The minimum absolute atomic E-state index is 0.0122. The van der Waals surface area contributed by atoms with Crippen LogP contribution in [0.4, 0.5) is 0 Å². The zero-order valence-electron chi connectivity index (χ0n) is 15.0. The van der Waals surface area contributed by atoms with Crippen molar-refractivity contribution in [1.82, 2.24) is 14.8 Å². The molecule has 0 N–H and O–H groups in total. The molecule has 0 aliphatic carbocycles. The van der Waals surface area contributed by atoms with E-state index in [1.165, 1.54) is 5.56 Å². The number of carbonyl (C=O) groups is 2. The Balaban J connectivity index is 1.66. The number of nitrogens with zero attached hydrogens (tertiary/aromatic N) is 3. The van der Waals surface area contributed by atoms with Crippen molar-refractivity contribution >= 4 is 11.8 Å². The summed E-state index contributed by atoms with van der Waals surface area (Å²) in [4.78, 5) is 32.8. The first-order chi connectivity index (χ1) is 12.7. The van der Waals surface area contributed by atoms with Gasteiger partial charge in [0.25, 0.3) is 0 Å². The van der Waals surface area contributed by atoms with E-state index in [9.17, 15) is 9.59 Å². The van der Waals surface area contributed by atoms with Gasteiger partial charge in [0.15, 0.2) is 0 Å². The number of benzene rings is 1. The summed E-state index contributed by atoms with van der Waals surface area (Å²) in [6.45, 7) is 1.93. The summed E-state index contributed by atoms with van der Waals surface area (Å²) in [6.07, 6.45) is 4.98. The molecule has 1 aromatic heterocycles. The largest absolute Gasteiger partial charge is 0.335 e. The SMILES string of the molecule is O=C1CCCCN1CC(=O)N(CCc1ccccc1)Cc1ccccn1. The molecule has 0 bridgehead atoms. The molecule has 1 fully saturated rings. The summed E-state index contributed by atoms with van der Waals surface area (Å²) in [5.41, 5.74) is 2.05. The standard InChI is InChI=1S/C21H25N3O2/c25-20-11-5-7-14-23(20)17-21(26)24(16-19-10-4-6-13-22-19)15-12-18-8-2-1-3-9-18/h1-4,6,8-10,13H,5,7,11-12,14-17H2. The number of carbonyl (C=O) groups excluding carboxylic acids is 2. The second-order valence-corrected chi connectivity index (χ2v) is 6.64. The topological polar surface area (TPSA) is 53.5 Å². The number of rotatable bonds is 7. The summed E-state index contributed by atoms with van der Waals surface area (Å²) < 4.78 is 0. The van der Waals surface area contributed by atoms with Crippen molar-refractivity contribution in [3.05, 3.63) is 66.0 Å². The molecule has 1 saturated heterocycles. The van der Waals surface area contributed by atoms with Crippen LogP contribution in [0.1, 0.15) is 30.5 Å². The average Bonchev–Trinajstić information content (AvgIpc) is 2.68. The van der Waals surface area contributed by atoms with Crippen LogP contribution in [-0.4, -0.2) is 46.2 Å². The molecular formula is C21H25N3O2. The highest BCUT2D eigenvalue weighted by Crippen LogP contribution is 2.12. The molecule has 136 valence electrons. The maximum absolute atomic E-state index is 12.9. The van der Waals surface area contributed by atoms with Gasteiger partial charge in [-0.1, -0.05) is 36.4 Å². The first kappa shape index (κ1) is 18.1. The van der Waals surface area contributed by atoms with Crippen LogP contribution in [-0.2, 0) is 22.6 Å². The number of hydrogen-bond donors (Lipinski definition) is 0. The Hall–Kier alpha value is -2.69. The molecule has 26 heavy (non-hydrogen) atoms. The van der Waals surface area contributed by atoms with E-state index in [0.29, 0.717) is 26.1 Å². The number of aromatic nitrogens is 1. The lowest BCUT2D eigenvalue weighted by atomic mass is 10.1. The van der Waals surface area contributed by atoms with Gasteiger partial charge in [0, 0.05) is 25.7 Å². The molecule has 2 amide bonds. The van der Waals surface area contributed by atoms with Crippen LogP contribution in [0, 0.1) is 0 Å². The molecule has 1 aromatic carbocycles. The molecule has 0 atom stereocenters. The molecule has 5 heteroatoms. The first-order valence-corrected chi connectivity index (χ1v) is 9.22. The Labute approximate surface area is 154 Å². The summed E-state index contributed by atoms with van der Waals surface area (Å²) in [5.74, 6) is 0.0762. The van der Waals surface area contributed by atoms with Gasteiger partial charge in [-0.3, -0.25) is 14.6 Å². The Kier molecular flexibility index (Phi) is 6.36. The highest BCUT2D eigenvalue weighted by Gasteiger charge is 2.23. The van der Waals surface area contributed by atoms with E-state index in [1.807, 2.05) is 41.3 Å². The Morgan fingerprint density at radius 1 is 1.08 bits per heavy atom. The van der Waals surface area contributed by atoms with Crippen LogP contribution in [0.3, 0.4) is 0 Å². The van der Waals surface area contributed by atoms with E-state index in [4.69, 9.17) is 0 Å². The number of hydrogen-bond acceptors (Lipinski definition) is 3. The molecular weight excluding hydrogens is 326 g/mol. The normalized spacial score (nSPS) is 14.3. The van der Waals surface area contributed by atoms with Crippen LogP contribution >= 0.6 is 0 Å². The van der Waals surface area contributed by atoms with E-state index >= 15 is 0 Å². The number of amides is 2. The van der Waals surface area contributed by atoms with Gasteiger partial charge in [-0.2, -0.15) is 0 Å². The molecule has 3 rings (SSSR count). The maximum atomic E-state index is 12.9. The quantitative estimate of drug-likeness (QED) is 0.771. The fourth-order valence-corrected chi connectivity index (χ4v) is 3.18. The second kappa shape index (κ2) is 9.13. The van der Waals surface area contributed by atoms with Gasteiger partial charge < -0.3 is 9.80 Å². The lowest BCUT2D eigenvalue weighted by molar-refractivity contribution is -0.142. The monoisotopic (exact) mass is 351 g/mol. The minimum atomic E-state index is -0.0122. The van der Waals surface area contributed by atoms with Crippen LogP contribution < -0.4 is 0 Å². The minimum Gasteiger partial charge on any atom is -0.335 e. The number of piperidine rings is 1.